The summed E-state index contributed by atoms with van der Waals surface area (Å²) in [5, 5.41) is 7.38. The number of para-hydroxylation sites is 1. The number of carbonyl (C=O) groups is 1. The van der Waals surface area contributed by atoms with E-state index in [9.17, 15) is 4.79 Å². The van der Waals surface area contributed by atoms with E-state index in [1.807, 2.05) is 36.1 Å². The van der Waals surface area contributed by atoms with Crippen LogP contribution in [0.15, 0.2) is 36.7 Å². The molecular formula is C18H20N6O. The van der Waals surface area contributed by atoms with E-state index in [1.165, 1.54) is 11.9 Å². The van der Waals surface area contributed by atoms with E-state index in [1.54, 1.807) is 4.52 Å². The third-order valence-corrected chi connectivity index (χ3v) is 4.50. The van der Waals surface area contributed by atoms with Gasteiger partial charge in [0.15, 0.2) is 0 Å². The molecule has 0 aliphatic carbocycles. The Morgan fingerprint density at radius 1 is 1.32 bits per heavy atom. The molecule has 1 amide bonds. The summed E-state index contributed by atoms with van der Waals surface area (Å²) in [6, 6.07) is 10.0. The number of amides is 1. The number of nitrogens with one attached hydrogen (secondary N) is 1. The van der Waals surface area contributed by atoms with E-state index in [0.717, 1.165) is 43.0 Å². The Morgan fingerprint density at radius 3 is 3.08 bits per heavy atom. The molecule has 1 aliphatic heterocycles. The van der Waals surface area contributed by atoms with E-state index in [0.29, 0.717) is 5.78 Å². The highest BCUT2D eigenvalue weighted by molar-refractivity contribution is 5.97. The molecule has 128 valence electrons. The monoisotopic (exact) mass is 336 g/mol. The van der Waals surface area contributed by atoms with Gasteiger partial charge in [0.05, 0.1) is 6.54 Å². The molecule has 1 aliphatic rings. The molecular weight excluding hydrogens is 316 g/mol. The van der Waals surface area contributed by atoms with E-state index < -0.39 is 0 Å². The second-order valence-electron chi connectivity index (χ2n) is 6.09. The SMILES string of the molecule is CCc1cc(NCC(=O)N2CCCc3ccccc32)n2ncnc2n1. The smallest absolute Gasteiger partial charge is 0.254 e. The van der Waals surface area contributed by atoms with E-state index >= 15 is 0 Å². The number of hydrogen-bond acceptors (Lipinski definition) is 5. The number of benzene rings is 1. The second kappa shape index (κ2) is 6.51. The van der Waals surface area contributed by atoms with Crippen LogP contribution in [0.25, 0.3) is 5.78 Å². The zero-order valence-corrected chi connectivity index (χ0v) is 14.1. The predicted molar refractivity (Wildman–Crippen MR) is 95.8 cm³/mol. The highest BCUT2D eigenvalue weighted by atomic mass is 16.2. The van der Waals surface area contributed by atoms with Crippen molar-refractivity contribution in [1.29, 1.82) is 0 Å². The van der Waals surface area contributed by atoms with Crippen LogP contribution in [-0.2, 0) is 17.6 Å². The number of nitrogens with zero attached hydrogens (tertiary/aromatic N) is 5. The molecule has 3 heterocycles. The van der Waals surface area contributed by atoms with Gasteiger partial charge in [-0.2, -0.15) is 14.6 Å². The Balaban J connectivity index is 1.54. The molecule has 1 N–H and O–H groups in total. The lowest BCUT2D eigenvalue weighted by molar-refractivity contribution is -0.117. The fraction of sp³-hybridized carbons (Fsp3) is 0.333. The lowest BCUT2D eigenvalue weighted by Gasteiger charge is -2.29. The van der Waals surface area contributed by atoms with Gasteiger partial charge in [0.2, 0.25) is 5.91 Å². The van der Waals surface area contributed by atoms with E-state index in [2.05, 4.69) is 26.4 Å². The normalized spacial score (nSPS) is 13.7. The Kier molecular flexibility index (Phi) is 4.05. The molecule has 0 unspecified atom stereocenters. The molecule has 0 radical (unpaired) electrons. The van der Waals surface area contributed by atoms with Gasteiger partial charge in [-0.1, -0.05) is 25.1 Å². The van der Waals surface area contributed by atoms with Crippen LogP contribution in [0.4, 0.5) is 11.5 Å². The van der Waals surface area contributed by atoms with Crippen molar-refractivity contribution in [2.75, 3.05) is 23.3 Å². The van der Waals surface area contributed by atoms with Gasteiger partial charge in [-0.3, -0.25) is 4.79 Å². The summed E-state index contributed by atoms with van der Waals surface area (Å²) in [5.41, 5.74) is 3.17. The number of fused-ring (bicyclic) bond motifs is 2. The summed E-state index contributed by atoms with van der Waals surface area (Å²) < 4.78 is 1.62. The summed E-state index contributed by atoms with van der Waals surface area (Å²) >= 11 is 0. The van der Waals surface area contributed by atoms with Crippen molar-refractivity contribution in [3.05, 3.63) is 47.9 Å². The van der Waals surface area contributed by atoms with Crippen molar-refractivity contribution in [1.82, 2.24) is 19.6 Å². The molecule has 0 spiro atoms. The van der Waals surface area contributed by atoms with Crippen LogP contribution in [0, 0.1) is 0 Å². The molecule has 0 atom stereocenters. The fourth-order valence-corrected chi connectivity index (χ4v) is 3.22. The minimum Gasteiger partial charge on any atom is -0.361 e. The number of aromatic nitrogens is 4. The molecule has 0 saturated carbocycles. The van der Waals surface area contributed by atoms with Crippen molar-refractivity contribution in [2.45, 2.75) is 26.2 Å². The number of anilines is 2. The Labute approximate surface area is 145 Å². The third kappa shape index (κ3) is 2.93. The maximum Gasteiger partial charge on any atom is 0.254 e. The average molecular weight is 336 g/mol. The quantitative estimate of drug-likeness (QED) is 0.789. The van der Waals surface area contributed by atoms with Crippen LogP contribution in [0.1, 0.15) is 24.6 Å². The third-order valence-electron chi connectivity index (χ3n) is 4.50. The molecule has 2 aromatic heterocycles. The van der Waals surface area contributed by atoms with Crippen LogP contribution < -0.4 is 10.2 Å². The lowest BCUT2D eigenvalue weighted by atomic mass is 10.0. The maximum absolute atomic E-state index is 12.8. The van der Waals surface area contributed by atoms with E-state index in [4.69, 9.17) is 0 Å². The largest absolute Gasteiger partial charge is 0.361 e. The van der Waals surface area contributed by atoms with Crippen molar-refractivity contribution in [3.63, 3.8) is 0 Å². The summed E-state index contributed by atoms with van der Waals surface area (Å²) in [6.07, 6.45) is 4.28. The number of hydrogen-bond donors (Lipinski definition) is 1. The Hall–Kier alpha value is -2.96. The summed E-state index contributed by atoms with van der Waals surface area (Å²) in [6.45, 7) is 3.00. The van der Waals surface area contributed by atoms with Crippen molar-refractivity contribution >= 4 is 23.2 Å². The standard InChI is InChI=1S/C18H20N6O/c1-2-14-10-16(24-18(22-14)20-12-21-24)19-11-17(25)23-9-5-7-13-6-3-4-8-15(13)23/h3-4,6,8,10,12,19H,2,5,7,9,11H2,1H3. The first-order valence-corrected chi connectivity index (χ1v) is 8.58. The van der Waals surface area contributed by atoms with Gasteiger partial charge in [-0.25, -0.2) is 4.98 Å². The van der Waals surface area contributed by atoms with Gasteiger partial charge in [-0.15, -0.1) is 0 Å². The van der Waals surface area contributed by atoms with Gasteiger partial charge in [0.1, 0.15) is 12.1 Å². The minimum atomic E-state index is 0.0512. The molecule has 3 aromatic rings. The van der Waals surface area contributed by atoms with Crippen LogP contribution in [0.2, 0.25) is 0 Å². The van der Waals surface area contributed by atoms with Crippen molar-refractivity contribution in [2.24, 2.45) is 0 Å². The van der Waals surface area contributed by atoms with Crippen LogP contribution in [0.3, 0.4) is 0 Å². The zero-order valence-electron chi connectivity index (χ0n) is 14.1. The van der Waals surface area contributed by atoms with Gasteiger partial charge < -0.3 is 10.2 Å². The first-order chi connectivity index (χ1) is 12.3. The first-order valence-electron chi connectivity index (χ1n) is 8.58. The highest BCUT2D eigenvalue weighted by Crippen LogP contribution is 2.26. The zero-order chi connectivity index (χ0) is 17.2. The molecule has 25 heavy (non-hydrogen) atoms. The molecule has 0 bridgehead atoms. The number of carbonyl (C=O) groups excluding carboxylic acids is 1. The van der Waals surface area contributed by atoms with Crippen LogP contribution in [-0.4, -0.2) is 38.6 Å². The first kappa shape index (κ1) is 15.6. The molecule has 4 rings (SSSR count). The summed E-state index contributed by atoms with van der Waals surface area (Å²) in [7, 11) is 0. The Morgan fingerprint density at radius 2 is 2.20 bits per heavy atom. The topological polar surface area (TPSA) is 75.4 Å². The number of aryl methyl sites for hydroxylation is 2. The van der Waals surface area contributed by atoms with Crippen molar-refractivity contribution in [3.8, 4) is 0 Å². The predicted octanol–water partition coefficient (Wildman–Crippen LogP) is 2.08. The van der Waals surface area contributed by atoms with Gasteiger partial charge in [0, 0.05) is 24.0 Å². The minimum absolute atomic E-state index is 0.0512. The van der Waals surface area contributed by atoms with Gasteiger partial charge in [0.25, 0.3) is 5.78 Å². The van der Waals surface area contributed by atoms with Gasteiger partial charge >= 0.3 is 0 Å². The molecule has 7 nitrogen and oxygen atoms in total. The molecule has 7 heteroatoms. The van der Waals surface area contributed by atoms with E-state index in [-0.39, 0.29) is 12.5 Å². The summed E-state index contributed by atoms with van der Waals surface area (Å²) in [5.74, 6) is 1.32. The molecule has 0 saturated heterocycles. The lowest BCUT2D eigenvalue weighted by Crippen LogP contribution is -2.39. The number of rotatable bonds is 4. The van der Waals surface area contributed by atoms with Crippen LogP contribution in [0.5, 0.6) is 0 Å². The van der Waals surface area contributed by atoms with Crippen LogP contribution >= 0.6 is 0 Å². The maximum atomic E-state index is 12.8. The average Bonchev–Trinajstić information content (AvgIpc) is 3.14. The van der Waals surface area contributed by atoms with Crippen molar-refractivity contribution < 1.29 is 4.79 Å². The highest BCUT2D eigenvalue weighted by Gasteiger charge is 2.22. The fourth-order valence-electron chi connectivity index (χ4n) is 3.22. The second-order valence-corrected chi connectivity index (χ2v) is 6.09. The Bertz CT molecular complexity index is 919. The molecule has 1 aromatic carbocycles. The summed E-state index contributed by atoms with van der Waals surface area (Å²) in [4.78, 5) is 23.2. The molecule has 0 fully saturated rings. The van der Waals surface area contributed by atoms with Gasteiger partial charge in [-0.05, 0) is 30.9 Å².